The van der Waals surface area contributed by atoms with E-state index < -0.39 is 0 Å². The molecule has 0 atom stereocenters. The molecule has 1 aliphatic heterocycles. The predicted octanol–water partition coefficient (Wildman–Crippen LogP) is 1.64. The van der Waals surface area contributed by atoms with Crippen LogP contribution in [0.4, 0.5) is 0 Å². The Morgan fingerprint density at radius 1 is 1.38 bits per heavy atom. The molecule has 0 unspecified atom stereocenters. The van der Waals surface area contributed by atoms with E-state index in [2.05, 4.69) is 35.9 Å². The minimum atomic E-state index is 0.278. The summed E-state index contributed by atoms with van der Waals surface area (Å²) < 4.78 is 5.46. The molecule has 0 radical (unpaired) electrons. The lowest BCUT2D eigenvalue weighted by Gasteiger charge is -2.16. The van der Waals surface area contributed by atoms with E-state index in [0.717, 1.165) is 19.7 Å². The van der Waals surface area contributed by atoms with Gasteiger partial charge in [0.25, 0.3) is 0 Å². The molecule has 1 aromatic carbocycles. The molecular weight excluding hydrogens is 161 g/mol. The van der Waals surface area contributed by atoms with Gasteiger partial charge in [-0.2, -0.15) is 0 Å². The first-order valence-electron chi connectivity index (χ1n) is 4.76. The van der Waals surface area contributed by atoms with Gasteiger partial charge in [0.1, 0.15) is 0 Å². The van der Waals surface area contributed by atoms with Crippen molar-refractivity contribution in [3.8, 4) is 0 Å². The van der Waals surface area contributed by atoms with Crippen LogP contribution >= 0.6 is 0 Å². The fraction of sp³-hybridized carbons (Fsp3) is 0.400. The highest BCUT2D eigenvalue weighted by atomic mass is 16.5. The van der Waals surface area contributed by atoms with Gasteiger partial charge in [-0.1, -0.05) is 30.3 Å². The second kappa shape index (κ2) is 3.94. The lowest BCUT2D eigenvalue weighted by Crippen LogP contribution is -2.31. The third-order valence-electron chi connectivity index (χ3n) is 2.48. The smallest absolute Gasteiger partial charge is 0.379 e. The first-order chi connectivity index (χ1) is 6.36. The van der Waals surface area contributed by atoms with Gasteiger partial charge in [0, 0.05) is 19.7 Å². The highest BCUT2D eigenvalue weighted by molar-refractivity contribution is 6.47. The van der Waals surface area contributed by atoms with Crippen LogP contribution in [0.25, 0.3) is 0 Å². The van der Waals surface area contributed by atoms with Crippen LogP contribution in [-0.2, 0) is 11.2 Å². The van der Waals surface area contributed by atoms with E-state index in [-0.39, 0.29) is 7.05 Å². The summed E-state index contributed by atoms with van der Waals surface area (Å²) in [4.78, 5) is 2.34. The van der Waals surface area contributed by atoms with E-state index in [4.69, 9.17) is 4.65 Å². The minimum absolute atomic E-state index is 0.278. The van der Waals surface area contributed by atoms with E-state index in [1.54, 1.807) is 0 Å². The molecule has 13 heavy (non-hydrogen) atoms. The molecule has 0 N–H and O–H groups in total. The van der Waals surface area contributed by atoms with Gasteiger partial charge in [0.2, 0.25) is 0 Å². The van der Waals surface area contributed by atoms with Crippen molar-refractivity contribution in [1.82, 2.24) is 4.81 Å². The van der Waals surface area contributed by atoms with Gasteiger partial charge in [0.05, 0.1) is 0 Å². The first-order valence-corrected chi connectivity index (χ1v) is 4.76. The van der Waals surface area contributed by atoms with Crippen LogP contribution in [0.2, 0.25) is 6.82 Å². The van der Waals surface area contributed by atoms with Crippen molar-refractivity contribution >= 4 is 7.05 Å². The minimum Gasteiger partial charge on any atom is -0.420 e. The van der Waals surface area contributed by atoms with Crippen molar-refractivity contribution < 1.29 is 4.65 Å². The van der Waals surface area contributed by atoms with Crippen molar-refractivity contribution in [3.05, 3.63) is 35.9 Å². The van der Waals surface area contributed by atoms with Crippen LogP contribution in [-0.4, -0.2) is 25.0 Å². The Kier molecular flexibility index (Phi) is 2.66. The summed E-state index contributed by atoms with van der Waals surface area (Å²) in [7, 11) is 0.278. The van der Waals surface area contributed by atoms with Crippen molar-refractivity contribution in [3.63, 3.8) is 0 Å². The zero-order valence-corrected chi connectivity index (χ0v) is 7.94. The van der Waals surface area contributed by atoms with Gasteiger partial charge in [-0.25, -0.2) is 0 Å². The average Bonchev–Trinajstić information content (AvgIpc) is 2.54. The number of hydrogen-bond donors (Lipinski definition) is 0. The van der Waals surface area contributed by atoms with Gasteiger partial charge in [-0.3, -0.25) is 0 Å². The Hall–Kier alpha value is -0.795. The monoisotopic (exact) mass is 175 g/mol. The van der Waals surface area contributed by atoms with Gasteiger partial charge < -0.3 is 9.47 Å². The molecule has 2 nitrogen and oxygen atoms in total. The Morgan fingerprint density at radius 3 is 2.77 bits per heavy atom. The predicted molar refractivity (Wildman–Crippen MR) is 54.4 cm³/mol. The molecule has 1 saturated heterocycles. The number of benzene rings is 1. The molecule has 1 heterocycles. The first kappa shape index (κ1) is 8.79. The SMILES string of the molecule is CB1OCCN1Cc1ccccc1. The van der Waals surface area contributed by atoms with E-state index in [1.165, 1.54) is 5.56 Å². The molecule has 1 aromatic rings. The molecule has 1 fully saturated rings. The van der Waals surface area contributed by atoms with Gasteiger partial charge in [-0.15, -0.1) is 0 Å². The highest BCUT2D eigenvalue weighted by Gasteiger charge is 2.25. The molecule has 0 saturated carbocycles. The molecule has 0 aliphatic carbocycles. The molecule has 0 amide bonds. The van der Waals surface area contributed by atoms with Crippen LogP contribution in [0.5, 0.6) is 0 Å². The summed E-state index contributed by atoms with van der Waals surface area (Å²) in [5.74, 6) is 0. The van der Waals surface area contributed by atoms with Crippen LogP contribution in [0.15, 0.2) is 30.3 Å². The molecular formula is C10H14BNO. The summed E-state index contributed by atoms with van der Waals surface area (Å²) >= 11 is 0. The average molecular weight is 175 g/mol. The molecule has 0 bridgehead atoms. The number of rotatable bonds is 2. The van der Waals surface area contributed by atoms with Crippen molar-refractivity contribution in [1.29, 1.82) is 0 Å². The quantitative estimate of drug-likeness (QED) is 0.633. The second-order valence-corrected chi connectivity index (χ2v) is 3.43. The maximum atomic E-state index is 5.46. The largest absolute Gasteiger partial charge is 0.420 e. The van der Waals surface area contributed by atoms with Crippen molar-refractivity contribution in [2.45, 2.75) is 13.4 Å². The van der Waals surface area contributed by atoms with Gasteiger partial charge in [0.15, 0.2) is 0 Å². The van der Waals surface area contributed by atoms with Crippen LogP contribution in [0.1, 0.15) is 5.56 Å². The second-order valence-electron chi connectivity index (χ2n) is 3.43. The summed E-state index contributed by atoms with van der Waals surface area (Å²) in [6.45, 7) is 5.03. The normalized spacial score (nSPS) is 18.1. The molecule has 0 spiro atoms. The fourth-order valence-electron chi connectivity index (χ4n) is 1.65. The standard InChI is InChI=1S/C10H14BNO/c1-11-12(7-8-13-11)9-10-5-3-2-4-6-10/h2-6H,7-9H2,1H3. The van der Waals surface area contributed by atoms with Crippen LogP contribution < -0.4 is 0 Å². The molecule has 3 heteroatoms. The summed E-state index contributed by atoms with van der Waals surface area (Å²) in [5, 5.41) is 0. The summed E-state index contributed by atoms with van der Waals surface area (Å²) in [5.41, 5.74) is 1.36. The molecule has 68 valence electrons. The zero-order valence-electron chi connectivity index (χ0n) is 7.94. The Bertz CT molecular complexity index is 265. The maximum Gasteiger partial charge on any atom is 0.379 e. The zero-order chi connectivity index (χ0) is 9.10. The number of hydrogen-bond acceptors (Lipinski definition) is 2. The van der Waals surface area contributed by atoms with E-state index in [9.17, 15) is 0 Å². The lowest BCUT2D eigenvalue weighted by atomic mass is 9.85. The Balaban J connectivity index is 1.98. The van der Waals surface area contributed by atoms with E-state index in [0.29, 0.717) is 0 Å². The maximum absolute atomic E-state index is 5.46. The lowest BCUT2D eigenvalue weighted by molar-refractivity contribution is 0.373. The van der Waals surface area contributed by atoms with Crippen molar-refractivity contribution in [2.24, 2.45) is 0 Å². The van der Waals surface area contributed by atoms with Gasteiger partial charge in [-0.05, 0) is 12.4 Å². The highest BCUT2D eigenvalue weighted by Crippen LogP contribution is 2.10. The topological polar surface area (TPSA) is 12.5 Å². The van der Waals surface area contributed by atoms with E-state index in [1.807, 2.05) is 6.07 Å². The number of nitrogens with zero attached hydrogens (tertiary/aromatic N) is 1. The van der Waals surface area contributed by atoms with Gasteiger partial charge >= 0.3 is 7.05 Å². The van der Waals surface area contributed by atoms with E-state index >= 15 is 0 Å². The molecule has 1 aliphatic rings. The summed E-state index contributed by atoms with van der Waals surface area (Å²) in [6.07, 6.45) is 0. The molecule has 2 rings (SSSR count). The third kappa shape index (κ3) is 2.11. The fourth-order valence-corrected chi connectivity index (χ4v) is 1.65. The Labute approximate surface area is 79.6 Å². The van der Waals surface area contributed by atoms with Crippen LogP contribution in [0.3, 0.4) is 0 Å². The third-order valence-corrected chi connectivity index (χ3v) is 2.48. The summed E-state index contributed by atoms with van der Waals surface area (Å²) in [6, 6.07) is 10.5. The Morgan fingerprint density at radius 2 is 2.15 bits per heavy atom. The molecule has 0 aromatic heterocycles. The van der Waals surface area contributed by atoms with Crippen molar-refractivity contribution in [2.75, 3.05) is 13.2 Å². The van der Waals surface area contributed by atoms with Crippen LogP contribution in [0, 0.1) is 0 Å².